The largest absolute Gasteiger partial charge is 0.412 e. The first-order chi connectivity index (χ1) is 14.0. The van der Waals surface area contributed by atoms with Crippen LogP contribution in [0.25, 0.3) is 0 Å². The number of oxime groups is 2. The summed E-state index contributed by atoms with van der Waals surface area (Å²) in [5.74, 6) is 0.869. The molecule has 1 aromatic rings. The molecule has 1 aliphatic rings. The Hall–Kier alpha value is -2.74. The van der Waals surface area contributed by atoms with E-state index in [0.717, 1.165) is 41.3 Å². The zero-order chi connectivity index (χ0) is 21.2. The van der Waals surface area contributed by atoms with Crippen LogP contribution in [-0.4, -0.2) is 49.7 Å². The maximum absolute atomic E-state index is 12.1. The van der Waals surface area contributed by atoms with E-state index < -0.39 is 0 Å². The highest BCUT2D eigenvalue weighted by Crippen LogP contribution is 2.29. The number of nitrogens with one attached hydrogen (secondary N) is 1. The van der Waals surface area contributed by atoms with Crippen molar-refractivity contribution in [3.05, 3.63) is 35.4 Å². The molecule has 1 fully saturated rings. The summed E-state index contributed by atoms with van der Waals surface area (Å²) in [6.45, 7) is 4.41. The molecule has 0 spiro atoms. The minimum absolute atomic E-state index is 0. The van der Waals surface area contributed by atoms with E-state index in [1.165, 1.54) is 12.8 Å². The Morgan fingerprint density at radius 1 is 1.17 bits per heavy atom. The summed E-state index contributed by atoms with van der Waals surface area (Å²) in [5, 5.41) is 11.1. The standard InChI is InChI=1S/C22H32N4O3.H2O/c1-15-10-12-17(13-11-15)20(26-28-5)16(2)25-29-14-18-8-6-7-9-19(18)21(23-3)22(27)24-4;/h6-9,15,17H,10-14H2,1-5H3,(H,24,27);1H2/b23-21?,25-16+,26-20-;. The lowest BCUT2D eigenvalue weighted by Crippen LogP contribution is -2.29. The number of aliphatic imine (C=N–C) groups is 1. The van der Waals surface area contributed by atoms with Crippen molar-refractivity contribution in [1.82, 2.24) is 5.32 Å². The lowest BCUT2D eigenvalue weighted by Gasteiger charge is -2.26. The lowest BCUT2D eigenvalue weighted by atomic mass is 9.79. The van der Waals surface area contributed by atoms with Crippen LogP contribution in [0.1, 0.15) is 50.7 Å². The predicted molar refractivity (Wildman–Crippen MR) is 120 cm³/mol. The summed E-state index contributed by atoms with van der Waals surface area (Å²) in [6.07, 6.45) is 4.55. The second kappa shape index (κ2) is 12.7. The molecular weight excluding hydrogens is 384 g/mol. The second-order valence-electron chi connectivity index (χ2n) is 7.37. The molecule has 0 radical (unpaired) electrons. The zero-order valence-electron chi connectivity index (χ0n) is 18.6. The highest BCUT2D eigenvalue weighted by Gasteiger charge is 2.25. The molecule has 2 rings (SSSR count). The molecule has 30 heavy (non-hydrogen) atoms. The van der Waals surface area contributed by atoms with Crippen LogP contribution in [0, 0.1) is 11.8 Å². The SMILES string of the molecule is CN=C(C(=O)NC)c1ccccc1CO/N=C(C)/C(=N/OC)C1CCC(C)CC1.O. The maximum atomic E-state index is 12.1. The Balaban J connectivity index is 0.00000450. The van der Waals surface area contributed by atoms with Crippen LogP contribution in [0.5, 0.6) is 0 Å². The Labute approximate surface area is 178 Å². The van der Waals surface area contributed by atoms with Crippen LogP contribution in [0.15, 0.2) is 39.6 Å². The summed E-state index contributed by atoms with van der Waals surface area (Å²) in [7, 11) is 4.74. The second-order valence-corrected chi connectivity index (χ2v) is 7.37. The van der Waals surface area contributed by atoms with Crippen LogP contribution >= 0.6 is 0 Å². The van der Waals surface area contributed by atoms with Crippen LogP contribution in [-0.2, 0) is 21.1 Å². The van der Waals surface area contributed by atoms with E-state index in [-0.39, 0.29) is 18.0 Å². The fourth-order valence-corrected chi connectivity index (χ4v) is 3.65. The van der Waals surface area contributed by atoms with E-state index in [1.807, 2.05) is 31.2 Å². The zero-order valence-corrected chi connectivity index (χ0v) is 18.6. The Kier molecular flexibility index (Phi) is 10.7. The van der Waals surface area contributed by atoms with Gasteiger partial charge < -0.3 is 20.5 Å². The lowest BCUT2D eigenvalue weighted by molar-refractivity contribution is -0.114. The van der Waals surface area contributed by atoms with E-state index in [0.29, 0.717) is 11.6 Å². The van der Waals surface area contributed by atoms with Crippen molar-refractivity contribution in [2.75, 3.05) is 21.2 Å². The Bertz CT molecular complexity index is 781. The maximum Gasteiger partial charge on any atom is 0.269 e. The van der Waals surface area contributed by atoms with Gasteiger partial charge in [0.25, 0.3) is 5.91 Å². The third-order valence-electron chi connectivity index (χ3n) is 5.32. The van der Waals surface area contributed by atoms with Crippen LogP contribution in [0.4, 0.5) is 0 Å². The summed E-state index contributed by atoms with van der Waals surface area (Å²) in [6, 6.07) is 7.53. The van der Waals surface area contributed by atoms with Crippen molar-refractivity contribution < 1.29 is 19.9 Å². The number of likely N-dealkylation sites (N-methyl/N-ethyl adjacent to an activating group) is 1. The monoisotopic (exact) mass is 418 g/mol. The predicted octanol–water partition coefficient (Wildman–Crippen LogP) is 2.75. The number of carbonyl (C=O) groups excluding carboxylic acids is 1. The fraction of sp³-hybridized carbons (Fsp3) is 0.545. The molecule has 1 aromatic carbocycles. The van der Waals surface area contributed by atoms with Gasteiger partial charge in [0.05, 0.1) is 0 Å². The van der Waals surface area contributed by atoms with Crippen LogP contribution in [0.2, 0.25) is 0 Å². The molecule has 8 nitrogen and oxygen atoms in total. The van der Waals surface area contributed by atoms with Gasteiger partial charge in [0.15, 0.2) is 0 Å². The highest BCUT2D eigenvalue weighted by molar-refractivity contribution is 6.45. The minimum atomic E-state index is -0.235. The van der Waals surface area contributed by atoms with Crippen LogP contribution in [0.3, 0.4) is 0 Å². The van der Waals surface area contributed by atoms with Gasteiger partial charge in [0.1, 0.15) is 30.9 Å². The molecule has 0 aromatic heterocycles. The van der Waals surface area contributed by atoms with Gasteiger partial charge >= 0.3 is 0 Å². The first-order valence-corrected chi connectivity index (χ1v) is 10.1. The number of nitrogens with zero attached hydrogens (tertiary/aromatic N) is 3. The normalized spacial score (nSPS) is 20.2. The molecular formula is C22H34N4O4. The van der Waals surface area contributed by atoms with Crippen LogP contribution < -0.4 is 5.32 Å². The number of carbonyl (C=O) groups is 1. The Morgan fingerprint density at radius 2 is 1.83 bits per heavy atom. The van der Waals surface area contributed by atoms with E-state index >= 15 is 0 Å². The van der Waals surface area contributed by atoms with Gasteiger partial charge in [0.2, 0.25) is 0 Å². The van der Waals surface area contributed by atoms with Gasteiger partial charge in [-0.25, -0.2) is 0 Å². The molecule has 0 aliphatic heterocycles. The minimum Gasteiger partial charge on any atom is -0.412 e. The average Bonchev–Trinajstić information content (AvgIpc) is 2.74. The quantitative estimate of drug-likeness (QED) is 0.517. The third kappa shape index (κ3) is 6.66. The Morgan fingerprint density at radius 3 is 2.43 bits per heavy atom. The molecule has 8 heteroatoms. The first kappa shape index (κ1) is 25.3. The third-order valence-corrected chi connectivity index (χ3v) is 5.32. The summed E-state index contributed by atoms with van der Waals surface area (Å²) in [5.41, 5.74) is 3.51. The molecule has 1 aliphatic carbocycles. The topological polar surface area (TPSA) is 116 Å². The van der Waals surface area contributed by atoms with Crippen molar-refractivity contribution in [1.29, 1.82) is 0 Å². The summed E-state index contributed by atoms with van der Waals surface area (Å²) >= 11 is 0. The van der Waals surface area contributed by atoms with E-state index in [1.54, 1.807) is 21.2 Å². The summed E-state index contributed by atoms with van der Waals surface area (Å²) in [4.78, 5) is 26.9. The number of rotatable bonds is 8. The van der Waals surface area contributed by atoms with E-state index in [9.17, 15) is 4.79 Å². The van der Waals surface area contributed by atoms with E-state index in [2.05, 4.69) is 27.5 Å². The molecule has 0 saturated heterocycles. The molecule has 0 unspecified atom stereocenters. The highest BCUT2D eigenvalue weighted by atomic mass is 16.6. The van der Waals surface area contributed by atoms with Crippen molar-refractivity contribution in [3.63, 3.8) is 0 Å². The summed E-state index contributed by atoms with van der Waals surface area (Å²) < 4.78 is 0. The molecule has 0 heterocycles. The van der Waals surface area contributed by atoms with Gasteiger partial charge in [-0.1, -0.05) is 54.3 Å². The molecule has 1 saturated carbocycles. The average molecular weight is 419 g/mol. The van der Waals surface area contributed by atoms with Gasteiger partial charge in [-0.05, 0) is 25.7 Å². The van der Waals surface area contributed by atoms with Gasteiger partial charge in [-0.15, -0.1) is 0 Å². The van der Waals surface area contributed by atoms with Crippen molar-refractivity contribution in [2.24, 2.45) is 27.1 Å². The van der Waals surface area contributed by atoms with E-state index in [4.69, 9.17) is 9.68 Å². The molecule has 3 N–H and O–H groups in total. The smallest absolute Gasteiger partial charge is 0.269 e. The molecule has 1 amide bonds. The van der Waals surface area contributed by atoms with Crippen molar-refractivity contribution in [3.8, 4) is 0 Å². The van der Waals surface area contributed by atoms with Crippen molar-refractivity contribution in [2.45, 2.75) is 46.1 Å². The molecule has 0 bridgehead atoms. The number of hydrogen-bond donors (Lipinski definition) is 1. The number of amides is 1. The van der Waals surface area contributed by atoms with Gasteiger partial charge in [0, 0.05) is 31.1 Å². The molecule has 166 valence electrons. The fourth-order valence-electron chi connectivity index (χ4n) is 3.65. The molecule has 0 atom stereocenters. The number of benzene rings is 1. The first-order valence-electron chi connectivity index (χ1n) is 10.1. The van der Waals surface area contributed by atoms with Gasteiger partial charge in [-0.2, -0.15) is 0 Å². The van der Waals surface area contributed by atoms with Crippen molar-refractivity contribution >= 4 is 23.0 Å². The van der Waals surface area contributed by atoms with Gasteiger partial charge in [-0.3, -0.25) is 9.79 Å². The number of hydrogen-bond acceptors (Lipinski definition) is 6.